The van der Waals surface area contributed by atoms with E-state index in [1.54, 1.807) is 0 Å². The largest absolute Gasteiger partial charge is 2.00 e. The molecule has 1 nitrogen and oxygen atoms in total. The van der Waals surface area contributed by atoms with Crippen molar-refractivity contribution in [3.63, 3.8) is 0 Å². The monoisotopic (exact) mass is 607 g/mol. The molecule has 0 aromatic heterocycles. The third-order valence-corrected chi connectivity index (χ3v) is 0. The van der Waals surface area contributed by atoms with Gasteiger partial charge in [0.15, 0.2) is 0 Å². The van der Waals surface area contributed by atoms with Crippen LogP contribution in [0.1, 0.15) is 0 Å². The fourth-order valence-electron chi connectivity index (χ4n) is 0. The van der Waals surface area contributed by atoms with E-state index in [0.29, 0.717) is 0 Å². The molecule has 0 aliphatic heterocycles. The fourth-order valence-corrected chi connectivity index (χ4v) is 0. The van der Waals surface area contributed by atoms with E-state index >= 15 is 0 Å². The topological polar surface area (TPSA) is 28.5 Å². The van der Waals surface area contributed by atoms with Crippen LogP contribution in [0.3, 0.4) is 0 Å². The van der Waals surface area contributed by atoms with E-state index in [9.17, 15) is 0 Å². The minimum atomic E-state index is 0. The Morgan fingerprint density at radius 1 is 1.00 bits per heavy atom. The van der Waals surface area contributed by atoms with Crippen LogP contribution in [0.25, 0.3) is 0 Å². The maximum absolute atomic E-state index is 0. The molecule has 0 unspecified atom stereocenters. The predicted molar refractivity (Wildman–Crippen MR) is 12.2 cm³/mol. The van der Waals surface area contributed by atoms with Gasteiger partial charge in [0, 0.05) is 0 Å². The first kappa shape index (κ1) is 40.2. The van der Waals surface area contributed by atoms with Crippen LogP contribution in [0.15, 0.2) is 0 Å². The minimum absolute atomic E-state index is 0. The van der Waals surface area contributed by atoms with Gasteiger partial charge < -0.3 is 5.48 Å². The third kappa shape index (κ3) is 18.7. The van der Waals surface area contributed by atoms with Gasteiger partial charge in [-0.25, -0.2) is 0 Å². The summed E-state index contributed by atoms with van der Waals surface area (Å²) in [6.45, 7) is 0. The minimum Gasteiger partial charge on any atom is -2.00 e. The van der Waals surface area contributed by atoms with Crippen LogP contribution in [-0.2, 0) is 52.3 Å². The molecular weight excluding hydrogens is 605 g/mol. The van der Waals surface area contributed by atoms with Crippen LogP contribution in [0.4, 0.5) is 0 Å². The number of hydrogen-bond acceptors (Lipinski definition) is 0. The zero-order chi connectivity index (χ0) is 0. The molecule has 5 heavy (non-hydrogen) atoms. The molecule has 0 bridgehead atoms. The van der Waals surface area contributed by atoms with E-state index in [1.807, 2.05) is 0 Å². The molecule has 5 heteroatoms. The predicted octanol–water partition coefficient (Wildman–Crippen LogP) is -0.885. The third-order valence-electron chi connectivity index (χ3n) is 0. The van der Waals surface area contributed by atoms with Gasteiger partial charge in [0.2, 0.25) is 0 Å². The summed E-state index contributed by atoms with van der Waals surface area (Å²) in [5, 5.41) is 0. The molecule has 0 spiro atoms. The molecule has 0 aromatic carbocycles. The summed E-state index contributed by atoms with van der Waals surface area (Å²) in [5.74, 6) is 0. The van der Waals surface area contributed by atoms with Crippen LogP contribution < -0.4 is 0 Å². The van der Waals surface area contributed by atoms with Crippen molar-refractivity contribution in [2.75, 3.05) is 0 Å². The molecule has 0 N–H and O–H groups in total. The maximum atomic E-state index is 0. The molecule has 0 saturated heterocycles. The quantitative estimate of drug-likeness (QED) is 0.321. The normalized spacial score (nSPS) is 0. The first-order valence-electron chi connectivity index (χ1n) is 0. The summed E-state index contributed by atoms with van der Waals surface area (Å²) in [5.41, 5.74) is 0. The van der Waals surface area contributed by atoms with Gasteiger partial charge in [0.05, 0.1) is 0 Å². The second kappa shape index (κ2) is 26.4. The van der Waals surface area contributed by atoms with Crippen molar-refractivity contribution in [1.82, 2.24) is 0 Å². The Hall–Kier alpha value is 3.35. The van der Waals surface area contributed by atoms with Crippen molar-refractivity contribution in [2.45, 2.75) is 0 Å². The van der Waals surface area contributed by atoms with Crippen molar-refractivity contribution in [3.8, 4) is 0 Å². The van der Waals surface area contributed by atoms with E-state index < -0.39 is 0 Å². The van der Waals surface area contributed by atoms with Crippen molar-refractivity contribution in [3.05, 3.63) is 0 Å². The summed E-state index contributed by atoms with van der Waals surface area (Å²) in [6.07, 6.45) is 0. The Bertz CT molecular complexity index is 11.6. The van der Waals surface area contributed by atoms with Crippen LogP contribution in [0.2, 0.25) is 0 Å². The van der Waals surface area contributed by atoms with E-state index in [-0.39, 0.29) is 107 Å². The van der Waals surface area contributed by atoms with E-state index in [1.165, 1.54) is 0 Å². The fraction of sp³-hybridized carbons (Fsp3) is 0. The molecular formula is CdOPbTlZn+5. The van der Waals surface area contributed by atoms with E-state index in [0.717, 1.165) is 0 Å². The molecule has 2 radical (unpaired) electrons. The Morgan fingerprint density at radius 2 is 1.00 bits per heavy atom. The SMILES string of the molecule is [Cd+2].[O-2].[Pb+2].[Tl+].[Zn+2]. The molecule has 0 saturated carbocycles. The van der Waals surface area contributed by atoms with Crippen molar-refractivity contribution >= 4 is 54.6 Å². The van der Waals surface area contributed by atoms with Crippen LogP contribution in [0, 0.1) is 0 Å². The van der Waals surface area contributed by atoms with Crippen LogP contribution in [0.5, 0.6) is 0 Å². The molecule has 0 atom stereocenters. The Morgan fingerprint density at radius 3 is 1.00 bits per heavy atom. The number of rotatable bonds is 0. The van der Waals surface area contributed by atoms with Crippen molar-refractivity contribution < 1.29 is 52.3 Å². The second-order valence-corrected chi connectivity index (χ2v) is 0. The zero-order valence-corrected chi connectivity index (χ0v) is 18.3. The standard InChI is InChI=1S/Cd.O.Pb.Tl.Zn/q+2;-2;+2;+1;+2. The summed E-state index contributed by atoms with van der Waals surface area (Å²) in [4.78, 5) is 0. The second-order valence-electron chi connectivity index (χ2n) is 0. The first-order valence-corrected chi connectivity index (χ1v) is 0. The van der Waals surface area contributed by atoms with Gasteiger partial charge >= 0.3 is 101 Å². The molecule has 12 valence electrons. The van der Waals surface area contributed by atoms with E-state index in [4.69, 9.17) is 0 Å². The summed E-state index contributed by atoms with van der Waals surface area (Å²) in [6, 6.07) is 0. The smallest absolute Gasteiger partial charge is 2.00 e. The molecule has 0 aliphatic carbocycles. The van der Waals surface area contributed by atoms with Gasteiger partial charge in [-0.15, -0.1) is 0 Å². The molecule has 0 heterocycles. The van der Waals surface area contributed by atoms with E-state index in [2.05, 4.69) is 0 Å². The van der Waals surface area contributed by atoms with Gasteiger partial charge in [0.25, 0.3) is 0 Å². The summed E-state index contributed by atoms with van der Waals surface area (Å²) >= 11 is 0. The zero-order valence-electron chi connectivity index (χ0n) is 2.90. The average molecular weight is 605 g/mol. The molecule has 0 rings (SSSR count). The van der Waals surface area contributed by atoms with Crippen LogP contribution >= 0.6 is 0 Å². The summed E-state index contributed by atoms with van der Waals surface area (Å²) < 4.78 is 0. The van der Waals surface area contributed by atoms with Gasteiger partial charge in [0.1, 0.15) is 0 Å². The maximum Gasteiger partial charge on any atom is 2.00 e. The Balaban J connectivity index is 0. The van der Waals surface area contributed by atoms with Gasteiger partial charge in [-0.05, 0) is 0 Å². The Kier molecular flexibility index (Phi) is 212. The van der Waals surface area contributed by atoms with Gasteiger partial charge in [-0.1, -0.05) is 0 Å². The van der Waals surface area contributed by atoms with Crippen molar-refractivity contribution in [1.29, 1.82) is 0 Å². The molecule has 0 amide bonds. The molecule has 0 aromatic rings. The van der Waals surface area contributed by atoms with Gasteiger partial charge in [-0.2, -0.15) is 0 Å². The van der Waals surface area contributed by atoms with Crippen molar-refractivity contribution in [2.24, 2.45) is 0 Å². The molecule has 0 fully saturated rings. The van der Waals surface area contributed by atoms with Gasteiger partial charge in [-0.3, -0.25) is 0 Å². The first-order chi connectivity index (χ1) is 0. The molecule has 0 aliphatic rings. The number of hydrogen-bond donors (Lipinski definition) is 0. The summed E-state index contributed by atoms with van der Waals surface area (Å²) in [7, 11) is 0. The average Bonchev–Trinajstić information content (AvgIpc) is 0. The Labute approximate surface area is 105 Å². The van der Waals surface area contributed by atoms with Crippen LogP contribution in [-0.4, -0.2) is 54.6 Å².